The van der Waals surface area contributed by atoms with Crippen LogP contribution >= 0.6 is 24.0 Å². The van der Waals surface area contributed by atoms with Gasteiger partial charge in [0.05, 0.1) is 6.04 Å². The molecule has 0 radical (unpaired) electrons. The van der Waals surface area contributed by atoms with E-state index in [1.54, 1.807) is 17.8 Å². The van der Waals surface area contributed by atoms with E-state index >= 15 is 0 Å². The molecule has 0 saturated heterocycles. The number of hydrogen-bond donors (Lipinski definition) is 2. The van der Waals surface area contributed by atoms with E-state index in [0.717, 1.165) is 33.9 Å². The number of thioether (sulfide) groups is 1. The van der Waals surface area contributed by atoms with E-state index in [0.29, 0.717) is 5.11 Å². The maximum absolute atomic E-state index is 13.6. The molecule has 5 heteroatoms. The first-order valence-electron chi connectivity index (χ1n) is 7.60. The summed E-state index contributed by atoms with van der Waals surface area (Å²) in [6.07, 6.45) is 0.926. The molecule has 0 amide bonds. The number of halogens is 1. The predicted octanol–water partition coefficient (Wildman–Crippen LogP) is 4.97. The molecule has 2 nitrogen and oxygen atoms in total. The lowest BCUT2D eigenvalue weighted by Gasteiger charge is -2.27. The van der Waals surface area contributed by atoms with Gasteiger partial charge in [0.2, 0.25) is 0 Å². The van der Waals surface area contributed by atoms with Crippen molar-refractivity contribution < 1.29 is 4.39 Å². The zero-order valence-electron chi connectivity index (χ0n) is 13.2. The molecule has 0 aromatic heterocycles. The summed E-state index contributed by atoms with van der Waals surface area (Å²) < 4.78 is 13.6. The van der Waals surface area contributed by atoms with Crippen LogP contribution < -0.4 is 10.6 Å². The lowest BCUT2D eigenvalue weighted by atomic mass is 10.0. The van der Waals surface area contributed by atoms with E-state index in [9.17, 15) is 4.39 Å². The van der Waals surface area contributed by atoms with Crippen molar-refractivity contribution in [3.8, 4) is 0 Å². The molecule has 120 valence electrons. The Morgan fingerprint density at radius 2 is 2.04 bits per heavy atom. The smallest absolute Gasteiger partial charge is 0.171 e. The van der Waals surface area contributed by atoms with Crippen LogP contribution in [-0.2, 0) is 0 Å². The predicted molar refractivity (Wildman–Crippen MR) is 99.8 cm³/mol. The Morgan fingerprint density at radius 1 is 1.22 bits per heavy atom. The maximum atomic E-state index is 13.6. The van der Waals surface area contributed by atoms with Crippen LogP contribution in [0.4, 0.5) is 10.1 Å². The van der Waals surface area contributed by atoms with E-state index in [4.69, 9.17) is 12.2 Å². The van der Waals surface area contributed by atoms with Gasteiger partial charge >= 0.3 is 0 Å². The summed E-state index contributed by atoms with van der Waals surface area (Å²) in [7, 11) is 0. The first-order chi connectivity index (χ1) is 11.0. The first kappa shape index (κ1) is 16.3. The van der Waals surface area contributed by atoms with Gasteiger partial charge in [-0.3, -0.25) is 0 Å². The van der Waals surface area contributed by atoms with Gasteiger partial charge in [-0.2, -0.15) is 0 Å². The molecule has 0 spiro atoms. The van der Waals surface area contributed by atoms with Crippen molar-refractivity contribution >= 4 is 34.8 Å². The Hall–Kier alpha value is -1.59. The van der Waals surface area contributed by atoms with Gasteiger partial charge in [0, 0.05) is 16.3 Å². The van der Waals surface area contributed by atoms with Crippen LogP contribution in [0.25, 0.3) is 0 Å². The molecule has 0 aliphatic carbocycles. The number of fused-ring (bicyclic) bond motifs is 1. The normalized spacial score (nSPS) is 16.6. The van der Waals surface area contributed by atoms with Crippen molar-refractivity contribution in [1.82, 2.24) is 5.32 Å². The van der Waals surface area contributed by atoms with Crippen molar-refractivity contribution in [3.63, 3.8) is 0 Å². The van der Waals surface area contributed by atoms with Crippen LogP contribution in [0, 0.1) is 19.7 Å². The molecule has 1 aliphatic rings. The minimum Gasteiger partial charge on any atom is -0.356 e. The zero-order valence-corrected chi connectivity index (χ0v) is 14.8. The lowest BCUT2D eigenvalue weighted by molar-refractivity contribution is 0.587. The van der Waals surface area contributed by atoms with Gasteiger partial charge in [-0.05, 0) is 73.4 Å². The fraction of sp³-hybridized carbons (Fsp3) is 0.278. The Morgan fingerprint density at radius 3 is 2.87 bits per heavy atom. The van der Waals surface area contributed by atoms with E-state index in [2.05, 4.69) is 35.8 Å². The number of rotatable bonds is 2. The fourth-order valence-corrected chi connectivity index (χ4v) is 4.06. The highest BCUT2D eigenvalue weighted by Gasteiger charge is 2.22. The quantitative estimate of drug-likeness (QED) is 0.750. The van der Waals surface area contributed by atoms with E-state index in [1.165, 1.54) is 11.6 Å². The Kier molecular flexibility index (Phi) is 4.87. The SMILES string of the molecule is Cc1ccc(C)c(NC(=S)N[C@H]2CCSc3ccc(F)cc32)c1. The molecule has 1 aliphatic heterocycles. The average molecular weight is 346 g/mol. The minimum absolute atomic E-state index is 0.0482. The van der Waals surface area contributed by atoms with Crippen LogP contribution in [0.15, 0.2) is 41.3 Å². The minimum atomic E-state index is -0.202. The van der Waals surface area contributed by atoms with Gasteiger partial charge in [-0.15, -0.1) is 11.8 Å². The van der Waals surface area contributed by atoms with Gasteiger partial charge < -0.3 is 10.6 Å². The molecule has 2 aromatic carbocycles. The van der Waals surface area contributed by atoms with Crippen molar-refractivity contribution in [3.05, 3.63) is 58.9 Å². The zero-order chi connectivity index (χ0) is 16.4. The van der Waals surface area contributed by atoms with Gasteiger partial charge in [0.25, 0.3) is 0 Å². The van der Waals surface area contributed by atoms with Crippen molar-refractivity contribution in [2.45, 2.75) is 31.2 Å². The molecule has 23 heavy (non-hydrogen) atoms. The van der Waals surface area contributed by atoms with Crippen LogP contribution in [0.2, 0.25) is 0 Å². The molecule has 0 saturated carbocycles. The second kappa shape index (κ2) is 6.89. The largest absolute Gasteiger partial charge is 0.356 e. The maximum Gasteiger partial charge on any atom is 0.171 e. The van der Waals surface area contributed by atoms with E-state index in [-0.39, 0.29) is 11.9 Å². The summed E-state index contributed by atoms with van der Waals surface area (Å²) in [5, 5.41) is 7.18. The van der Waals surface area contributed by atoms with Gasteiger partial charge in [-0.1, -0.05) is 12.1 Å². The Bertz CT molecular complexity index is 746. The third-order valence-corrected chi connectivity index (χ3v) is 5.30. The number of hydrogen-bond acceptors (Lipinski definition) is 2. The van der Waals surface area contributed by atoms with E-state index in [1.807, 2.05) is 13.0 Å². The summed E-state index contributed by atoms with van der Waals surface area (Å²) in [4.78, 5) is 1.13. The molecule has 0 fully saturated rings. The molecular formula is C18H19FN2S2. The summed E-state index contributed by atoms with van der Waals surface area (Å²) in [6, 6.07) is 11.3. The molecule has 3 rings (SSSR count). The van der Waals surface area contributed by atoms with Crippen LogP contribution in [-0.4, -0.2) is 10.9 Å². The first-order valence-corrected chi connectivity index (χ1v) is 8.99. The number of nitrogens with one attached hydrogen (secondary N) is 2. The third-order valence-electron chi connectivity index (χ3n) is 3.96. The summed E-state index contributed by atoms with van der Waals surface area (Å²) in [5.41, 5.74) is 4.33. The number of aryl methyl sites for hydroxylation is 2. The average Bonchev–Trinajstić information content (AvgIpc) is 2.51. The highest BCUT2D eigenvalue weighted by molar-refractivity contribution is 7.99. The van der Waals surface area contributed by atoms with Gasteiger partial charge in [-0.25, -0.2) is 4.39 Å². The number of anilines is 1. The van der Waals surface area contributed by atoms with Gasteiger partial charge in [0.15, 0.2) is 5.11 Å². The summed E-state index contributed by atoms with van der Waals surface area (Å²) >= 11 is 7.23. The molecule has 2 aromatic rings. The highest BCUT2D eigenvalue weighted by atomic mass is 32.2. The van der Waals surface area contributed by atoms with Crippen LogP contribution in [0.5, 0.6) is 0 Å². The summed E-state index contributed by atoms with van der Waals surface area (Å²) in [5.74, 6) is 0.800. The van der Waals surface area contributed by atoms with E-state index < -0.39 is 0 Å². The third kappa shape index (κ3) is 3.85. The van der Waals surface area contributed by atoms with Gasteiger partial charge in [0.1, 0.15) is 5.82 Å². The molecule has 1 heterocycles. The second-order valence-electron chi connectivity index (χ2n) is 5.79. The molecule has 2 N–H and O–H groups in total. The number of benzene rings is 2. The number of thiocarbonyl (C=S) groups is 1. The van der Waals surface area contributed by atoms with Crippen LogP contribution in [0.3, 0.4) is 0 Å². The highest BCUT2D eigenvalue weighted by Crippen LogP contribution is 2.36. The Labute approximate surface area is 145 Å². The van der Waals surface area contributed by atoms with Crippen molar-refractivity contribution in [1.29, 1.82) is 0 Å². The van der Waals surface area contributed by atoms with Crippen molar-refractivity contribution in [2.24, 2.45) is 0 Å². The topological polar surface area (TPSA) is 24.1 Å². The molecule has 0 unspecified atom stereocenters. The fourth-order valence-electron chi connectivity index (χ4n) is 2.70. The van der Waals surface area contributed by atoms with Crippen molar-refractivity contribution in [2.75, 3.05) is 11.1 Å². The molecular weight excluding hydrogens is 327 g/mol. The Balaban J connectivity index is 1.74. The molecule has 1 atom stereocenters. The lowest BCUT2D eigenvalue weighted by Crippen LogP contribution is -2.34. The summed E-state index contributed by atoms with van der Waals surface area (Å²) in [6.45, 7) is 4.10. The standard InChI is InChI=1S/C18H19FN2S2/c1-11-3-4-12(2)16(9-11)21-18(22)20-15-7-8-23-17-6-5-13(19)10-14(15)17/h3-6,9-10,15H,7-8H2,1-2H3,(H2,20,21,22)/t15-/m0/s1. The molecule has 0 bridgehead atoms. The van der Waals surface area contributed by atoms with Crippen LogP contribution in [0.1, 0.15) is 29.2 Å². The second-order valence-corrected chi connectivity index (χ2v) is 7.33. The monoisotopic (exact) mass is 346 g/mol.